The number of halogens is 1. The minimum absolute atomic E-state index is 0.0411. The summed E-state index contributed by atoms with van der Waals surface area (Å²) in [5.41, 5.74) is 3.78. The van der Waals surface area contributed by atoms with Crippen LogP contribution < -0.4 is 0 Å². The van der Waals surface area contributed by atoms with Crippen molar-refractivity contribution < 1.29 is 10.2 Å². The number of benzene rings is 1. The normalized spacial score (nSPS) is 12.9. The Labute approximate surface area is 99.1 Å². The number of aliphatic hydroxyl groups is 1. The highest BCUT2D eigenvalue weighted by Gasteiger charge is 2.19. The molecule has 0 amide bonds. The molecule has 2 N–H and O–H groups in total. The average Bonchev–Trinajstić information content (AvgIpc) is 2.23. The van der Waals surface area contributed by atoms with Gasteiger partial charge in [0.2, 0.25) is 0 Å². The van der Waals surface area contributed by atoms with E-state index >= 15 is 0 Å². The lowest BCUT2D eigenvalue weighted by atomic mass is 9.91. The summed E-state index contributed by atoms with van der Waals surface area (Å²) in [5.74, 6) is 0.273. The summed E-state index contributed by atoms with van der Waals surface area (Å²) < 4.78 is 1.02. The molecule has 0 aliphatic heterocycles. The largest absolute Gasteiger partial charge is 0.507 e. The van der Waals surface area contributed by atoms with Gasteiger partial charge < -0.3 is 10.2 Å². The zero-order chi connectivity index (χ0) is 11.7. The van der Waals surface area contributed by atoms with E-state index in [1.165, 1.54) is 0 Å². The van der Waals surface area contributed by atoms with Gasteiger partial charge in [0.05, 0.1) is 0 Å². The lowest BCUT2D eigenvalue weighted by molar-refractivity contribution is 0.270. The van der Waals surface area contributed by atoms with Crippen LogP contribution in [0.3, 0.4) is 0 Å². The zero-order valence-corrected chi connectivity index (χ0v) is 11.1. The van der Waals surface area contributed by atoms with Gasteiger partial charge in [0.1, 0.15) is 5.75 Å². The minimum Gasteiger partial charge on any atom is -0.507 e. The van der Waals surface area contributed by atoms with Crippen molar-refractivity contribution in [2.45, 2.75) is 33.6 Å². The number of phenols is 1. The molecule has 1 rings (SSSR count). The Morgan fingerprint density at radius 1 is 1.13 bits per heavy atom. The van der Waals surface area contributed by atoms with Crippen molar-refractivity contribution in [1.82, 2.24) is 0 Å². The Kier molecular flexibility index (Phi) is 3.79. The predicted octanol–water partition coefficient (Wildman–Crippen LogP) is 3.18. The summed E-state index contributed by atoms with van der Waals surface area (Å²) in [4.78, 5) is 0. The van der Waals surface area contributed by atoms with Crippen LogP contribution >= 0.6 is 15.9 Å². The maximum atomic E-state index is 10.1. The van der Waals surface area contributed by atoms with Crippen LogP contribution in [0.25, 0.3) is 0 Å². The first kappa shape index (κ1) is 12.5. The van der Waals surface area contributed by atoms with Crippen LogP contribution in [-0.2, 0) is 0 Å². The van der Waals surface area contributed by atoms with Crippen LogP contribution in [0.4, 0.5) is 0 Å². The molecule has 0 saturated carbocycles. The molecule has 0 aliphatic carbocycles. The van der Waals surface area contributed by atoms with Crippen molar-refractivity contribution in [2.75, 3.05) is 6.61 Å². The van der Waals surface area contributed by atoms with Crippen LogP contribution in [0.15, 0.2) is 4.47 Å². The fourth-order valence-corrected chi connectivity index (χ4v) is 2.33. The van der Waals surface area contributed by atoms with Crippen LogP contribution in [-0.4, -0.2) is 16.8 Å². The molecule has 0 heterocycles. The number of aliphatic hydroxyl groups excluding tert-OH is 1. The molecule has 2 nitrogen and oxygen atoms in total. The summed E-state index contributed by atoms with van der Waals surface area (Å²) in [6.07, 6.45) is 0. The summed E-state index contributed by atoms with van der Waals surface area (Å²) in [5, 5.41) is 19.2. The van der Waals surface area contributed by atoms with Crippen LogP contribution in [0, 0.1) is 20.8 Å². The fraction of sp³-hybridized carbons (Fsp3) is 0.500. The Bertz CT molecular complexity index is 357. The van der Waals surface area contributed by atoms with Gasteiger partial charge in [-0.3, -0.25) is 0 Å². The van der Waals surface area contributed by atoms with E-state index in [0.717, 1.165) is 26.7 Å². The summed E-state index contributed by atoms with van der Waals surface area (Å²) >= 11 is 3.52. The van der Waals surface area contributed by atoms with E-state index in [1.54, 1.807) is 0 Å². The maximum absolute atomic E-state index is 10.1. The lowest BCUT2D eigenvalue weighted by Gasteiger charge is -2.19. The number of hydrogen-bond acceptors (Lipinski definition) is 2. The van der Waals surface area contributed by atoms with Crippen LogP contribution in [0.1, 0.15) is 35.1 Å². The van der Waals surface area contributed by atoms with E-state index in [9.17, 15) is 5.11 Å². The summed E-state index contributed by atoms with van der Waals surface area (Å²) in [7, 11) is 0. The second kappa shape index (κ2) is 4.54. The van der Waals surface area contributed by atoms with E-state index < -0.39 is 0 Å². The van der Waals surface area contributed by atoms with E-state index in [0.29, 0.717) is 5.75 Å². The van der Waals surface area contributed by atoms with Gasteiger partial charge in [-0.2, -0.15) is 0 Å². The quantitative estimate of drug-likeness (QED) is 0.868. The Hall–Kier alpha value is -0.540. The molecule has 1 aromatic rings. The average molecular weight is 273 g/mol. The van der Waals surface area contributed by atoms with Gasteiger partial charge in [0, 0.05) is 22.6 Å². The van der Waals surface area contributed by atoms with Gasteiger partial charge >= 0.3 is 0 Å². The van der Waals surface area contributed by atoms with Gasteiger partial charge in [-0.15, -0.1) is 0 Å². The molecule has 1 atom stereocenters. The van der Waals surface area contributed by atoms with Gasteiger partial charge in [0.15, 0.2) is 0 Å². The molecular formula is C12H17BrO2. The smallest absolute Gasteiger partial charge is 0.122 e. The first-order chi connectivity index (χ1) is 6.91. The van der Waals surface area contributed by atoms with Gasteiger partial charge in [-0.1, -0.05) is 22.9 Å². The Morgan fingerprint density at radius 3 is 2.13 bits per heavy atom. The SMILES string of the molecule is Cc1c(C)c(Br)c(C)c(C(C)CO)c1O. The molecule has 0 saturated heterocycles. The first-order valence-corrected chi connectivity index (χ1v) is 5.80. The van der Waals surface area contributed by atoms with Crippen molar-refractivity contribution in [2.24, 2.45) is 0 Å². The molecule has 1 aromatic carbocycles. The predicted molar refractivity (Wildman–Crippen MR) is 65.5 cm³/mol. The molecular weight excluding hydrogens is 256 g/mol. The van der Waals surface area contributed by atoms with Crippen LogP contribution in [0.5, 0.6) is 5.75 Å². The molecule has 15 heavy (non-hydrogen) atoms. The Balaban J connectivity index is 3.52. The van der Waals surface area contributed by atoms with E-state index in [1.807, 2.05) is 27.7 Å². The molecule has 0 radical (unpaired) electrons. The van der Waals surface area contributed by atoms with E-state index in [4.69, 9.17) is 5.11 Å². The number of rotatable bonds is 2. The van der Waals surface area contributed by atoms with Crippen molar-refractivity contribution >= 4 is 15.9 Å². The topological polar surface area (TPSA) is 40.5 Å². The summed E-state index contributed by atoms with van der Waals surface area (Å²) in [6.45, 7) is 7.77. The highest BCUT2D eigenvalue weighted by molar-refractivity contribution is 9.10. The Morgan fingerprint density at radius 2 is 1.67 bits per heavy atom. The molecule has 0 fully saturated rings. The molecule has 84 valence electrons. The lowest BCUT2D eigenvalue weighted by Crippen LogP contribution is -2.05. The number of aromatic hydroxyl groups is 1. The van der Waals surface area contributed by atoms with Crippen molar-refractivity contribution in [3.05, 3.63) is 26.7 Å². The third-order valence-corrected chi connectivity index (χ3v) is 4.19. The first-order valence-electron chi connectivity index (χ1n) is 5.00. The van der Waals surface area contributed by atoms with Crippen molar-refractivity contribution in [3.63, 3.8) is 0 Å². The monoisotopic (exact) mass is 272 g/mol. The van der Waals surface area contributed by atoms with Crippen molar-refractivity contribution in [1.29, 1.82) is 0 Å². The van der Waals surface area contributed by atoms with E-state index in [2.05, 4.69) is 15.9 Å². The third-order valence-electron chi connectivity index (χ3n) is 3.00. The third kappa shape index (κ3) is 2.04. The maximum Gasteiger partial charge on any atom is 0.122 e. The molecule has 3 heteroatoms. The molecule has 0 spiro atoms. The van der Waals surface area contributed by atoms with Crippen molar-refractivity contribution in [3.8, 4) is 5.75 Å². The standard InChI is InChI=1S/C12H17BrO2/c1-6(5-14)10-9(4)11(13)7(2)8(3)12(10)15/h6,14-15H,5H2,1-4H3. The highest BCUT2D eigenvalue weighted by atomic mass is 79.9. The summed E-state index contributed by atoms with van der Waals surface area (Å²) in [6, 6.07) is 0. The molecule has 0 aliphatic rings. The number of hydrogen-bond donors (Lipinski definition) is 2. The van der Waals surface area contributed by atoms with Gasteiger partial charge in [0.25, 0.3) is 0 Å². The second-order valence-electron chi connectivity index (χ2n) is 4.03. The molecule has 1 unspecified atom stereocenters. The molecule has 0 bridgehead atoms. The zero-order valence-electron chi connectivity index (χ0n) is 9.56. The van der Waals surface area contributed by atoms with Crippen LogP contribution in [0.2, 0.25) is 0 Å². The van der Waals surface area contributed by atoms with Gasteiger partial charge in [-0.05, 0) is 37.5 Å². The number of phenolic OH excluding ortho intramolecular Hbond substituents is 1. The second-order valence-corrected chi connectivity index (χ2v) is 4.83. The molecule has 0 aromatic heterocycles. The minimum atomic E-state index is -0.0411. The van der Waals surface area contributed by atoms with E-state index in [-0.39, 0.29) is 12.5 Å². The highest BCUT2D eigenvalue weighted by Crippen LogP contribution is 2.38. The fourth-order valence-electron chi connectivity index (χ4n) is 1.82. The van der Waals surface area contributed by atoms with Gasteiger partial charge in [-0.25, -0.2) is 0 Å².